The van der Waals surface area contributed by atoms with E-state index in [9.17, 15) is 32.7 Å². The van der Waals surface area contributed by atoms with Crippen molar-refractivity contribution in [2.24, 2.45) is 23.2 Å². The third kappa shape index (κ3) is 5.47. The molecule has 4 rings (SSSR count). The minimum absolute atomic E-state index is 0.0335. The summed E-state index contributed by atoms with van der Waals surface area (Å²) in [5.41, 5.74) is -2.52. The molecule has 2 aromatic heterocycles. The molecule has 2 aromatic rings. The van der Waals surface area contributed by atoms with E-state index in [0.717, 1.165) is 15.8 Å². The molecule has 2 fully saturated rings. The van der Waals surface area contributed by atoms with Crippen LogP contribution < -0.4 is 0 Å². The molecule has 2 heterocycles. The van der Waals surface area contributed by atoms with E-state index in [1.54, 1.807) is 20.8 Å². The Bertz CT molecular complexity index is 1230. The molecular weight excluding hydrogens is 536 g/mol. The van der Waals surface area contributed by atoms with Gasteiger partial charge in [0.15, 0.2) is 11.5 Å². The van der Waals surface area contributed by atoms with Crippen LogP contribution in [0.3, 0.4) is 0 Å². The Kier molecular flexibility index (Phi) is 7.09. The molecule has 1 N–H and O–H groups in total. The lowest BCUT2D eigenvalue weighted by atomic mass is 9.95. The summed E-state index contributed by atoms with van der Waals surface area (Å²) in [6, 6.07) is -0.670. The fraction of sp³-hybridized carbons (Fsp3) is 0.542. The molecule has 0 spiro atoms. The van der Waals surface area contributed by atoms with Gasteiger partial charge in [-0.25, -0.2) is 0 Å². The van der Waals surface area contributed by atoms with E-state index in [2.05, 4.69) is 10.1 Å². The van der Waals surface area contributed by atoms with Gasteiger partial charge >= 0.3 is 12.1 Å². The molecule has 1 amide bonds. The number of hydrogen-bond acceptors (Lipinski definition) is 5. The van der Waals surface area contributed by atoms with Crippen LogP contribution in [0.1, 0.15) is 66.1 Å². The van der Waals surface area contributed by atoms with Crippen LogP contribution >= 0.6 is 23.2 Å². The first-order valence-electron chi connectivity index (χ1n) is 11.6. The van der Waals surface area contributed by atoms with E-state index in [1.165, 1.54) is 12.4 Å². The number of aliphatic carboxylic acids is 1. The number of pyridine rings is 1. The average Bonchev–Trinajstić information content (AvgIpc) is 3.09. The molecule has 0 aromatic carbocycles. The quantitative estimate of drug-likeness (QED) is 0.463. The molecule has 2 aliphatic carbocycles. The Morgan fingerprint density at radius 3 is 2.14 bits per heavy atom. The molecule has 37 heavy (non-hydrogen) atoms. The fourth-order valence-corrected chi connectivity index (χ4v) is 5.90. The van der Waals surface area contributed by atoms with Crippen molar-refractivity contribution >= 4 is 40.9 Å². The lowest BCUT2D eigenvalue weighted by Crippen LogP contribution is -2.42. The summed E-state index contributed by atoms with van der Waals surface area (Å²) in [5.74, 6) is -3.53. The number of nitrogens with zero attached hydrogens (tertiary/aromatic N) is 4. The fourth-order valence-electron chi connectivity index (χ4n) is 5.33. The summed E-state index contributed by atoms with van der Waals surface area (Å²) in [7, 11) is 0. The predicted molar refractivity (Wildman–Crippen MR) is 128 cm³/mol. The Hall–Kier alpha value is -2.66. The summed E-state index contributed by atoms with van der Waals surface area (Å²) < 4.78 is 43.6. The summed E-state index contributed by atoms with van der Waals surface area (Å²) in [6.07, 6.45) is -1.13. The third-order valence-corrected chi connectivity index (χ3v) is 7.34. The highest BCUT2D eigenvalue weighted by Crippen LogP contribution is 2.61. The minimum atomic E-state index is -4.91. The number of halogens is 5. The average molecular weight is 561 g/mol. The number of aromatic nitrogens is 3. The van der Waals surface area contributed by atoms with Gasteiger partial charge in [-0.15, -0.1) is 0 Å². The van der Waals surface area contributed by atoms with E-state index in [1.807, 2.05) is 0 Å². The number of hydrogen-bond donors (Lipinski definition) is 1. The number of Topliss-reactive ketones (excluding diaryl/α,β-unsaturated/α-hetero) is 1. The summed E-state index contributed by atoms with van der Waals surface area (Å²) in [5, 5.41) is 13.1. The van der Waals surface area contributed by atoms with Gasteiger partial charge in [0.2, 0.25) is 0 Å². The highest BCUT2D eigenvalue weighted by molar-refractivity contribution is 6.39. The summed E-state index contributed by atoms with van der Waals surface area (Å²) in [6.45, 7) is 4.75. The van der Waals surface area contributed by atoms with E-state index in [4.69, 9.17) is 23.2 Å². The van der Waals surface area contributed by atoms with Crippen LogP contribution in [-0.4, -0.2) is 55.5 Å². The van der Waals surface area contributed by atoms with Gasteiger partial charge in [-0.2, -0.15) is 18.3 Å². The molecule has 2 aliphatic rings. The molecule has 2 unspecified atom stereocenters. The largest absolute Gasteiger partial charge is 0.481 e. The van der Waals surface area contributed by atoms with Crippen LogP contribution in [0.4, 0.5) is 13.2 Å². The van der Waals surface area contributed by atoms with Gasteiger partial charge in [-0.3, -0.25) is 24.0 Å². The van der Waals surface area contributed by atoms with Gasteiger partial charge in [0.05, 0.1) is 45.9 Å². The van der Waals surface area contributed by atoms with Crippen molar-refractivity contribution in [2.75, 3.05) is 13.1 Å². The Balaban J connectivity index is 1.65. The van der Waals surface area contributed by atoms with Gasteiger partial charge in [-0.1, -0.05) is 44.0 Å². The number of carboxylic acids is 1. The number of carbonyl (C=O) groups excluding carboxylic acids is 2. The van der Waals surface area contributed by atoms with Gasteiger partial charge < -0.3 is 10.0 Å². The van der Waals surface area contributed by atoms with E-state index >= 15 is 0 Å². The summed E-state index contributed by atoms with van der Waals surface area (Å²) in [4.78, 5) is 42.7. The number of carboxylic acid groups (broad SMARTS) is 1. The number of carbonyl (C=O) groups is 3. The Morgan fingerprint density at radius 1 is 1.08 bits per heavy atom. The molecular formula is C24H25Cl2F3N4O4. The highest BCUT2D eigenvalue weighted by Gasteiger charge is 2.61. The predicted octanol–water partition coefficient (Wildman–Crippen LogP) is 5.26. The summed E-state index contributed by atoms with van der Waals surface area (Å²) >= 11 is 12.1. The maximum absolute atomic E-state index is 14.3. The van der Waals surface area contributed by atoms with Crippen molar-refractivity contribution in [1.29, 1.82) is 0 Å². The zero-order valence-electron chi connectivity index (χ0n) is 20.2. The van der Waals surface area contributed by atoms with Crippen molar-refractivity contribution in [3.05, 3.63) is 45.5 Å². The van der Waals surface area contributed by atoms with Crippen LogP contribution in [0.25, 0.3) is 0 Å². The number of rotatable bonds is 7. The number of amides is 1. The Morgan fingerprint density at radius 2 is 1.65 bits per heavy atom. The lowest BCUT2D eigenvalue weighted by Gasteiger charge is -2.30. The van der Waals surface area contributed by atoms with E-state index in [-0.39, 0.29) is 46.8 Å². The van der Waals surface area contributed by atoms with E-state index in [0.29, 0.717) is 0 Å². The van der Waals surface area contributed by atoms with Gasteiger partial charge in [-0.05, 0) is 30.1 Å². The molecule has 200 valence electrons. The van der Waals surface area contributed by atoms with Crippen molar-refractivity contribution < 1.29 is 32.7 Å². The van der Waals surface area contributed by atoms with E-state index < -0.39 is 59.0 Å². The number of alkyl halides is 3. The topological polar surface area (TPSA) is 105 Å². The maximum atomic E-state index is 14.3. The molecule has 0 saturated heterocycles. The first-order chi connectivity index (χ1) is 17.1. The molecule has 0 aliphatic heterocycles. The molecule has 8 nitrogen and oxygen atoms in total. The standard InChI is InChI=1S/C24H25Cl2F3N4O4/c1-23(2,3)10-32(9-17(34)19-15(25)7-30-8-16(19)26)21(35)14-6-31-33(20(14)24(27,28)29)11-4-12-13(5-11)18(12)22(36)37/h6-8,11-13,18H,4-5,9-10H2,1-3H3,(H,36,37). The van der Waals surface area contributed by atoms with Crippen molar-refractivity contribution in [3.63, 3.8) is 0 Å². The second-order valence-electron chi connectivity index (χ2n) is 10.8. The second kappa shape index (κ2) is 9.58. The lowest BCUT2D eigenvalue weighted by molar-refractivity contribution is -0.146. The maximum Gasteiger partial charge on any atom is 0.433 e. The van der Waals surface area contributed by atoms with Gasteiger partial charge in [0, 0.05) is 18.9 Å². The second-order valence-corrected chi connectivity index (χ2v) is 11.6. The van der Waals surface area contributed by atoms with Crippen molar-refractivity contribution in [2.45, 2.75) is 45.8 Å². The molecule has 0 radical (unpaired) electrons. The first-order valence-corrected chi connectivity index (χ1v) is 12.3. The van der Waals surface area contributed by atoms with Crippen molar-refractivity contribution in [3.8, 4) is 0 Å². The molecule has 2 saturated carbocycles. The smallest absolute Gasteiger partial charge is 0.433 e. The van der Waals surface area contributed by atoms with Crippen LogP contribution in [0, 0.1) is 23.2 Å². The zero-order chi connectivity index (χ0) is 27.4. The monoisotopic (exact) mass is 560 g/mol. The molecule has 2 atom stereocenters. The molecule has 0 bridgehead atoms. The molecule has 13 heteroatoms. The van der Waals surface area contributed by atoms with Crippen LogP contribution in [0.2, 0.25) is 10.0 Å². The minimum Gasteiger partial charge on any atom is -0.481 e. The van der Waals surface area contributed by atoms with Crippen LogP contribution in [-0.2, 0) is 11.0 Å². The first kappa shape index (κ1) is 27.4. The SMILES string of the molecule is CC(C)(C)CN(CC(=O)c1c(Cl)cncc1Cl)C(=O)c1cnn(C2CC3C(C2)C3C(=O)O)c1C(F)(F)F. The van der Waals surface area contributed by atoms with Crippen LogP contribution in [0.5, 0.6) is 0 Å². The normalized spacial score (nSPS) is 23.0. The zero-order valence-corrected chi connectivity index (χ0v) is 21.7. The Labute approximate surface area is 220 Å². The number of fused-ring (bicyclic) bond motifs is 1. The van der Waals surface area contributed by atoms with Gasteiger partial charge in [0.1, 0.15) is 0 Å². The van der Waals surface area contributed by atoms with Gasteiger partial charge in [0.25, 0.3) is 5.91 Å². The number of ketones is 1. The van der Waals surface area contributed by atoms with Crippen LogP contribution in [0.15, 0.2) is 18.6 Å². The highest BCUT2D eigenvalue weighted by atomic mass is 35.5. The third-order valence-electron chi connectivity index (χ3n) is 6.76. The van der Waals surface area contributed by atoms with Crippen molar-refractivity contribution in [1.82, 2.24) is 19.7 Å².